The predicted octanol–water partition coefficient (Wildman–Crippen LogP) is 2.32. The maximum absolute atomic E-state index is 9.01. The topological polar surface area (TPSA) is 41.3 Å². The molecule has 0 amide bonds. The molecule has 1 fully saturated rings. The highest BCUT2D eigenvalue weighted by Gasteiger charge is 2.24. The maximum Gasteiger partial charge on any atom is 0.0863 e. The standard InChI is InChI=1S/C14H24ClN3O/c1-3-12-14(15)13(18(4-2)16-12)10-17-7-5-11(9-17)6-8-19/h11,19H,3-10H2,1-2H3. The summed E-state index contributed by atoms with van der Waals surface area (Å²) < 4.78 is 2.03. The number of aromatic nitrogens is 2. The summed E-state index contributed by atoms with van der Waals surface area (Å²) in [6, 6.07) is 0. The summed E-state index contributed by atoms with van der Waals surface area (Å²) in [6.07, 6.45) is 2.97. The van der Waals surface area contributed by atoms with Crippen LogP contribution in [-0.2, 0) is 19.5 Å². The second kappa shape index (κ2) is 6.73. The van der Waals surface area contributed by atoms with Crippen molar-refractivity contribution in [1.82, 2.24) is 14.7 Å². The van der Waals surface area contributed by atoms with Crippen LogP contribution in [0.3, 0.4) is 0 Å². The lowest BCUT2D eigenvalue weighted by Gasteiger charge is -2.16. The Bertz CT molecular complexity index is 419. The van der Waals surface area contributed by atoms with Gasteiger partial charge in [0, 0.05) is 26.2 Å². The van der Waals surface area contributed by atoms with Crippen molar-refractivity contribution in [3.8, 4) is 0 Å². The smallest absolute Gasteiger partial charge is 0.0863 e. The number of hydrogen-bond acceptors (Lipinski definition) is 3. The van der Waals surface area contributed by atoms with E-state index in [4.69, 9.17) is 16.7 Å². The Morgan fingerprint density at radius 2 is 2.21 bits per heavy atom. The zero-order valence-electron chi connectivity index (χ0n) is 11.9. The fourth-order valence-electron chi connectivity index (χ4n) is 2.85. The lowest BCUT2D eigenvalue weighted by molar-refractivity contribution is 0.248. The van der Waals surface area contributed by atoms with Gasteiger partial charge in [0.15, 0.2) is 0 Å². The van der Waals surface area contributed by atoms with Crippen molar-refractivity contribution < 1.29 is 5.11 Å². The number of nitrogens with zero attached hydrogens (tertiary/aromatic N) is 3. The van der Waals surface area contributed by atoms with Gasteiger partial charge >= 0.3 is 0 Å². The first-order valence-electron chi connectivity index (χ1n) is 7.26. The van der Waals surface area contributed by atoms with Crippen molar-refractivity contribution in [2.45, 2.75) is 46.2 Å². The van der Waals surface area contributed by atoms with Gasteiger partial charge in [-0.1, -0.05) is 18.5 Å². The highest BCUT2D eigenvalue weighted by atomic mass is 35.5. The van der Waals surface area contributed by atoms with E-state index >= 15 is 0 Å². The van der Waals surface area contributed by atoms with Crippen LogP contribution in [0, 0.1) is 5.92 Å². The highest BCUT2D eigenvalue weighted by Crippen LogP contribution is 2.26. The van der Waals surface area contributed by atoms with Crippen LogP contribution < -0.4 is 0 Å². The Labute approximate surface area is 120 Å². The van der Waals surface area contributed by atoms with E-state index in [1.165, 1.54) is 6.42 Å². The molecule has 4 nitrogen and oxygen atoms in total. The van der Waals surface area contributed by atoms with Gasteiger partial charge in [-0.25, -0.2) is 0 Å². The highest BCUT2D eigenvalue weighted by molar-refractivity contribution is 6.31. The van der Waals surface area contributed by atoms with Crippen molar-refractivity contribution in [1.29, 1.82) is 0 Å². The van der Waals surface area contributed by atoms with Crippen LogP contribution in [-0.4, -0.2) is 39.5 Å². The Kier molecular flexibility index (Phi) is 5.25. The van der Waals surface area contributed by atoms with E-state index in [1.54, 1.807) is 0 Å². The first-order valence-corrected chi connectivity index (χ1v) is 7.64. The van der Waals surface area contributed by atoms with Gasteiger partial charge < -0.3 is 5.11 Å². The van der Waals surface area contributed by atoms with Gasteiger partial charge in [0.05, 0.1) is 16.4 Å². The van der Waals surface area contributed by atoms with Gasteiger partial charge in [-0.15, -0.1) is 0 Å². The van der Waals surface area contributed by atoms with Crippen LogP contribution >= 0.6 is 11.6 Å². The van der Waals surface area contributed by atoms with Crippen molar-refractivity contribution >= 4 is 11.6 Å². The molecule has 1 aliphatic rings. The fourth-order valence-corrected chi connectivity index (χ4v) is 3.18. The van der Waals surface area contributed by atoms with E-state index in [0.717, 1.165) is 55.4 Å². The van der Waals surface area contributed by atoms with E-state index in [2.05, 4.69) is 23.8 Å². The van der Waals surface area contributed by atoms with Crippen molar-refractivity contribution in [2.75, 3.05) is 19.7 Å². The van der Waals surface area contributed by atoms with E-state index in [-0.39, 0.29) is 0 Å². The lowest BCUT2D eigenvalue weighted by Crippen LogP contribution is -2.22. The third kappa shape index (κ3) is 3.30. The Hall–Kier alpha value is -0.580. The Morgan fingerprint density at radius 3 is 2.84 bits per heavy atom. The number of hydrogen-bond donors (Lipinski definition) is 1. The largest absolute Gasteiger partial charge is 0.396 e. The molecule has 0 aliphatic carbocycles. The molecular weight excluding hydrogens is 262 g/mol. The predicted molar refractivity (Wildman–Crippen MR) is 77.4 cm³/mol. The average molecular weight is 286 g/mol. The lowest BCUT2D eigenvalue weighted by atomic mass is 10.1. The molecule has 1 atom stereocenters. The molecule has 2 heterocycles. The number of rotatable bonds is 6. The molecule has 1 N–H and O–H groups in total. The van der Waals surface area contributed by atoms with Gasteiger partial charge in [0.1, 0.15) is 0 Å². The average Bonchev–Trinajstić information content (AvgIpc) is 2.97. The van der Waals surface area contributed by atoms with Crippen LogP contribution in [0.2, 0.25) is 5.02 Å². The molecule has 0 spiro atoms. The number of aryl methyl sites for hydroxylation is 2. The fraction of sp³-hybridized carbons (Fsp3) is 0.786. The van der Waals surface area contributed by atoms with Crippen LogP contribution in [0.5, 0.6) is 0 Å². The summed E-state index contributed by atoms with van der Waals surface area (Å²) >= 11 is 6.43. The van der Waals surface area contributed by atoms with Gasteiger partial charge in [-0.05, 0) is 38.6 Å². The molecule has 0 radical (unpaired) electrons. The van der Waals surface area contributed by atoms with E-state index in [9.17, 15) is 0 Å². The summed E-state index contributed by atoms with van der Waals surface area (Å²) in [7, 11) is 0. The zero-order chi connectivity index (χ0) is 13.8. The summed E-state index contributed by atoms with van der Waals surface area (Å²) in [5, 5.41) is 14.4. The van der Waals surface area contributed by atoms with Crippen molar-refractivity contribution in [3.05, 3.63) is 16.4 Å². The minimum Gasteiger partial charge on any atom is -0.396 e. The number of aliphatic hydroxyl groups excluding tert-OH is 1. The quantitative estimate of drug-likeness (QED) is 0.872. The van der Waals surface area contributed by atoms with Crippen LogP contribution in [0.15, 0.2) is 0 Å². The third-order valence-electron chi connectivity index (χ3n) is 3.97. The summed E-state index contributed by atoms with van der Waals surface area (Å²) in [5.41, 5.74) is 2.15. The molecule has 1 aliphatic heterocycles. The first kappa shape index (κ1) is 14.8. The van der Waals surface area contributed by atoms with E-state index in [0.29, 0.717) is 12.5 Å². The molecule has 0 aromatic carbocycles. The number of likely N-dealkylation sites (tertiary alicyclic amines) is 1. The minimum absolute atomic E-state index is 0.298. The normalized spacial score (nSPS) is 20.3. The van der Waals surface area contributed by atoms with Gasteiger partial charge in [-0.2, -0.15) is 5.10 Å². The maximum atomic E-state index is 9.01. The number of halogens is 1. The zero-order valence-corrected chi connectivity index (χ0v) is 12.7. The SMILES string of the molecule is CCc1nn(CC)c(CN2CCC(CCO)C2)c1Cl. The molecule has 0 saturated carbocycles. The second-order valence-corrected chi connectivity index (χ2v) is 5.66. The molecule has 2 rings (SSSR count). The molecule has 0 bridgehead atoms. The van der Waals surface area contributed by atoms with Crippen LogP contribution in [0.4, 0.5) is 0 Å². The van der Waals surface area contributed by atoms with Crippen LogP contribution in [0.1, 0.15) is 38.1 Å². The minimum atomic E-state index is 0.298. The monoisotopic (exact) mass is 285 g/mol. The number of aliphatic hydroxyl groups is 1. The van der Waals surface area contributed by atoms with Gasteiger partial charge in [0.2, 0.25) is 0 Å². The molecule has 1 aromatic rings. The molecule has 1 saturated heterocycles. The van der Waals surface area contributed by atoms with E-state index < -0.39 is 0 Å². The van der Waals surface area contributed by atoms with E-state index in [1.807, 2.05) is 4.68 Å². The molecule has 19 heavy (non-hydrogen) atoms. The Balaban J connectivity index is 2.05. The van der Waals surface area contributed by atoms with Crippen molar-refractivity contribution in [3.63, 3.8) is 0 Å². The summed E-state index contributed by atoms with van der Waals surface area (Å²) in [5.74, 6) is 0.632. The summed E-state index contributed by atoms with van der Waals surface area (Å²) in [6.45, 7) is 8.39. The Morgan fingerprint density at radius 1 is 1.42 bits per heavy atom. The van der Waals surface area contributed by atoms with Gasteiger partial charge in [0.25, 0.3) is 0 Å². The molecule has 108 valence electrons. The molecule has 5 heteroatoms. The second-order valence-electron chi connectivity index (χ2n) is 5.28. The molecule has 1 aromatic heterocycles. The van der Waals surface area contributed by atoms with Crippen LogP contribution in [0.25, 0.3) is 0 Å². The summed E-state index contributed by atoms with van der Waals surface area (Å²) in [4.78, 5) is 2.43. The van der Waals surface area contributed by atoms with Crippen molar-refractivity contribution in [2.24, 2.45) is 5.92 Å². The molecular formula is C14H24ClN3O. The third-order valence-corrected chi connectivity index (χ3v) is 4.41. The first-order chi connectivity index (χ1) is 9.19. The molecule has 1 unspecified atom stereocenters. The van der Waals surface area contributed by atoms with Gasteiger partial charge in [-0.3, -0.25) is 9.58 Å².